The van der Waals surface area contributed by atoms with Crippen molar-refractivity contribution < 1.29 is 14.3 Å². The molecule has 0 saturated heterocycles. The predicted molar refractivity (Wildman–Crippen MR) is 90.7 cm³/mol. The lowest BCUT2D eigenvalue weighted by Crippen LogP contribution is -2.48. The van der Waals surface area contributed by atoms with Gasteiger partial charge >= 0.3 is 5.97 Å². The standard InChI is InChI=1S/C20H24O3/c1-14-7-10-20(3)16(18(21)22)5-4-6-17(20)19(14,2)11-8-15-9-12-23-13-15/h4-6,8-9,11-14,17H,7,10H2,1-3H3,(H,21,22). The quantitative estimate of drug-likeness (QED) is 0.860. The minimum absolute atomic E-state index is 0.0876. The molecule has 122 valence electrons. The number of carboxylic acid groups (broad SMARTS) is 1. The molecule has 0 aliphatic heterocycles. The first-order valence-electron chi connectivity index (χ1n) is 8.21. The molecule has 3 heteroatoms. The minimum atomic E-state index is -0.794. The maximum absolute atomic E-state index is 11.7. The molecule has 0 bridgehead atoms. The Morgan fingerprint density at radius 2 is 2.22 bits per heavy atom. The van der Waals surface area contributed by atoms with Gasteiger partial charge in [0.2, 0.25) is 0 Å². The van der Waals surface area contributed by atoms with Crippen molar-refractivity contribution in [1.29, 1.82) is 0 Å². The monoisotopic (exact) mass is 312 g/mol. The van der Waals surface area contributed by atoms with Crippen LogP contribution in [0.3, 0.4) is 0 Å². The molecule has 4 atom stereocenters. The number of hydrogen-bond acceptors (Lipinski definition) is 2. The first-order valence-corrected chi connectivity index (χ1v) is 8.21. The lowest BCUT2D eigenvalue weighted by Gasteiger charge is -2.54. The largest absolute Gasteiger partial charge is 0.478 e. The van der Waals surface area contributed by atoms with E-state index in [4.69, 9.17) is 4.42 Å². The maximum atomic E-state index is 11.7. The smallest absolute Gasteiger partial charge is 0.332 e. The van der Waals surface area contributed by atoms with Crippen molar-refractivity contribution >= 4 is 12.0 Å². The number of carbonyl (C=O) groups is 1. The lowest BCUT2D eigenvalue weighted by atomic mass is 9.49. The van der Waals surface area contributed by atoms with Crippen LogP contribution < -0.4 is 0 Å². The van der Waals surface area contributed by atoms with E-state index in [1.807, 2.05) is 12.1 Å². The zero-order valence-electron chi connectivity index (χ0n) is 14.0. The van der Waals surface area contributed by atoms with E-state index in [0.717, 1.165) is 18.4 Å². The van der Waals surface area contributed by atoms with Gasteiger partial charge in [0.05, 0.1) is 12.5 Å². The van der Waals surface area contributed by atoms with Crippen molar-refractivity contribution in [3.63, 3.8) is 0 Å². The van der Waals surface area contributed by atoms with Crippen LogP contribution in [-0.2, 0) is 4.79 Å². The van der Waals surface area contributed by atoms with Crippen LogP contribution in [-0.4, -0.2) is 11.1 Å². The molecule has 2 aliphatic carbocycles. The van der Waals surface area contributed by atoms with E-state index in [1.165, 1.54) is 0 Å². The Labute approximate surface area is 137 Å². The highest BCUT2D eigenvalue weighted by atomic mass is 16.4. The molecule has 1 heterocycles. The van der Waals surface area contributed by atoms with Crippen molar-refractivity contribution in [2.24, 2.45) is 22.7 Å². The van der Waals surface area contributed by atoms with Crippen LogP contribution in [0.2, 0.25) is 0 Å². The van der Waals surface area contributed by atoms with Crippen LogP contribution in [0.1, 0.15) is 39.2 Å². The number of hydrogen-bond donors (Lipinski definition) is 1. The van der Waals surface area contributed by atoms with Gasteiger partial charge in [0.25, 0.3) is 0 Å². The molecule has 23 heavy (non-hydrogen) atoms. The summed E-state index contributed by atoms with van der Waals surface area (Å²) in [7, 11) is 0. The Bertz CT molecular complexity index is 680. The zero-order chi connectivity index (χ0) is 16.7. The second-order valence-corrected chi connectivity index (χ2v) is 7.36. The van der Waals surface area contributed by atoms with E-state index < -0.39 is 5.97 Å². The first kappa shape index (κ1) is 15.9. The van der Waals surface area contributed by atoms with E-state index in [9.17, 15) is 9.90 Å². The predicted octanol–water partition coefficient (Wildman–Crippen LogP) is 4.93. The number of rotatable bonds is 3. The van der Waals surface area contributed by atoms with Gasteiger partial charge in [0, 0.05) is 16.6 Å². The Morgan fingerprint density at radius 3 is 2.87 bits per heavy atom. The maximum Gasteiger partial charge on any atom is 0.332 e. The molecule has 2 aliphatic rings. The van der Waals surface area contributed by atoms with Gasteiger partial charge in [-0.3, -0.25) is 0 Å². The normalized spacial score (nSPS) is 36.7. The van der Waals surface area contributed by atoms with E-state index >= 15 is 0 Å². The Morgan fingerprint density at radius 1 is 1.43 bits per heavy atom. The van der Waals surface area contributed by atoms with Gasteiger partial charge in [-0.1, -0.05) is 51.2 Å². The number of furan rings is 1. The summed E-state index contributed by atoms with van der Waals surface area (Å²) in [6.45, 7) is 6.63. The molecule has 4 unspecified atom stereocenters. The molecule has 0 amide bonds. The fourth-order valence-corrected chi connectivity index (χ4v) is 4.38. The van der Waals surface area contributed by atoms with Crippen LogP contribution in [0.15, 0.2) is 52.9 Å². The third-order valence-electron chi connectivity index (χ3n) is 6.11. The summed E-state index contributed by atoms with van der Waals surface area (Å²) in [5.74, 6) is -0.128. The second kappa shape index (κ2) is 5.55. The van der Waals surface area contributed by atoms with Crippen LogP contribution >= 0.6 is 0 Å². The SMILES string of the molecule is CC1CCC2(C)C(C(=O)O)=CC=CC2C1(C)C=Cc1ccoc1. The molecular weight excluding hydrogens is 288 g/mol. The molecule has 1 N–H and O–H groups in total. The summed E-state index contributed by atoms with van der Waals surface area (Å²) < 4.78 is 5.14. The number of aliphatic carboxylic acids is 1. The molecule has 3 nitrogen and oxygen atoms in total. The molecule has 1 fully saturated rings. The molecule has 1 aromatic heterocycles. The highest BCUT2D eigenvalue weighted by Crippen LogP contribution is 2.59. The molecular formula is C20H24O3. The summed E-state index contributed by atoms with van der Waals surface area (Å²) in [5, 5.41) is 9.63. The molecule has 0 spiro atoms. The Kier molecular flexibility index (Phi) is 3.83. The van der Waals surface area contributed by atoms with Gasteiger partial charge in [-0.25, -0.2) is 4.79 Å². The number of allylic oxidation sites excluding steroid dienone is 4. The van der Waals surface area contributed by atoms with E-state index in [1.54, 1.807) is 18.6 Å². The van der Waals surface area contributed by atoms with Gasteiger partial charge in [0.1, 0.15) is 0 Å². The fraction of sp³-hybridized carbons (Fsp3) is 0.450. The van der Waals surface area contributed by atoms with Crippen molar-refractivity contribution in [3.8, 4) is 0 Å². The lowest BCUT2D eigenvalue weighted by molar-refractivity contribution is -0.135. The van der Waals surface area contributed by atoms with Crippen molar-refractivity contribution in [1.82, 2.24) is 0 Å². The van der Waals surface area contributed by atoms with Gasteiger partial charge in [-0.2, -0.15) is 0 Å². The van der Waals surface area contributed by atoms with E-state index in [-0.39, 0.29) is 16.7 Å². The van der Waals surface area contributed by atoms with Crippen LogP contribution in [0.25, 0.3) is 6.08 Å². The van der Waals surface area contributed by atoms with Crippen LogP contribution in [0.5, 0.6) is 0 Å². The average Bonchev–Trinajstić information content (AvgIpc) is 3.02. The first-order chi connectivity index (χ1) is 10.9. The highest BCUT2D eigenvalue weighted by Gasteiger charge is 2.53. The summed E-state index contributed by atoms with van der Waals surface area (Å²) in [6.07, 6.45) is 15.6. The molecule has 0 aromatic carbocycles. The highest BCUT2D eigenvalue weighted by molar-refractivity contribution is 5.89. The van der Waals surface area contributed by atoms with Crippen molar-refractivity contribution in [3.05, 3.63) is 54.0 Å². The second-order valence-electron chi connectivity index (χ2n) is 7.36. The summed E-state index contributed by atoms with van der Waals surface area (Å²) >= 11 is 0. The minimum Gasteiger partial charge on any atom is -0.478 e. The zero-order valence-corrected chi connectivity index (χ0v) is 14.0. The number of carboxylic acids is 1. The van der Waals surface area contributed by atoms with Crippen molar-refractivity contribution in [2.75, 3.05) is 0 Å². The van der Waals surface area contributed by atoms with Gasteiger partial charge < -0.3 is 9.52 Å². The molecule has 1 saturated carbocycles. The Balaban J connectivity index is 2.01. The molecule has 1 aromatic rings. The van der Waals surface area contributed by atoms with E-state index in [0.29, 0.717) is 11.5 Å². The topological polar surface area (TPSA) is 50.4 Å². The average molecular weight is 312 g/mol. The van der Waals surface area contributed by atoms with Crippen molar-refractivity contribution in [2.45, 2.75) is 33.6 Å². The van der Waals surface area contributed by atoms with E-state index in [2.05, 4.69) is 39.0 Å². The van der Waals surface area contributed by atoms with Gasteiger partial charge in [-0.15, -0.1) is 0 Å². The van der Waals surface area contributed by atoms with Crippen LogP contribution in [0.4, 0.5) is 0 Å². The summed E-state index contributed by atoms with van der Waals surface area (Å²) in [4.78, 5) is 11.7. The Hall–Kier alpha value is -2.03. The number of fused-ring (bicyclic) bond motifs is 1. The van der Waals surface area contributed by atoms with Crippen LogP contribution in [0, 0.1) is 22.7 Å². The molecule has 0 radical (unpaired) electrons. The van der Waals surface area contributed by atoms with Gasteiger partial charge in [0.15, 0.2) is 0 Å². The third-order valence-corrected chi connectivity index (χ3v) is 6.11. The third kappa shape index (κ3) is 2.48. The summed E-state index contributed by atoms with van der Waals surface area (Å²) in [6, 6.07) is 1.94. The molecule has 3 rings (SSSR count). The summed E-state index contributed by atoms with van der Waals surface area (Å²) in [5.41, 5.74) is 1.18. The van der Waals surface area contributed by atoms with Gasteiger partial charge in [-0.05, 0) is 36.2 Å². The fourth-order valence-electron chi connectivity index (χ4n) is 4.38.